The van der Waals surface area contributed by atoms with Crippen molar-refractivity contribution in [2.75, 3.05) is 0 Å². The van der Waals surface area contributed by atoms with Crippen LogP contribution in [0.15, 0.2) is 33.5 Å². The van der Waals surface area contributed by atoms with Crippen molar-refractivity contribution in [1.29, 1.82) is 0 Å². The fourth-order valence-electron chi connectivity index (χ4n) is 2.20. The van der Waals surface area contributed by atoms with Crippen molar-refractivity contribution in [1.82, 2.24) is 4.57 Å². The zero-order valence-corrected chi connectivity index (χ0v) is 10.6. The minimum absolute atomic E-state index is 0.121. The minimum atomic E-state index is 0.121. The van der Waals surface area contributed by atoms with Crippen LogP contribution in [0, 0.1) is 6.92 Å². The summed E-state index contributed by atoms with van der Waals surface area (Å²) in [5, 5.41) is 1.15. The zero-order chi connectivity index (χ0) is 11.3. The lowest BCUT2D eigenvalue weighted by atomic mass is 10.1. The number of nitrogens with zero attached hydrogens (tertiary/aromatic N) is 1. The number of hydrogen-bond acceptors (Lipinski definition) is 1. The molecule has 0 N–H and O–H groups in total. The van der Waals surface area contributed by atoms with Crippen LogP contribution in [0.5, 0.6) is 0 Å². The highest BCUT2D eigenvalue weighted by Gasteiger charge is 2.26. The van der Waals surface area contributed by atoms with Gasteiger partial charge in [0, 0.05) is 16.6 Å². The van der Waals surface area contributed by atoms with Gasteiger partial charge in [0.15, 0.2) is 0 Å². The molecule has 1 aliphatic carbocycles. The van der Waals surface area contributed by atoms with Crippen LogP contribution in [0.25, 0.3) is 10.9 Å². The standard InChI is InChI=1S/C13H12BrNO/c1-8-11(14)6-2-9-3-7-12(16)15(13(8)9)10-4-5-10/h2-3,6-7,10H,4-5H2,1H3. The first-order chi connectivity index (χ1) is 7.68. The average Bonchev–Trinajstić information content (AvgIpc) is 3.08. The van der Waals surface area contributed by atoms with Crippen LogP contribution in [0.2, 0.25) is 0 Å². The molecule has 0 aliphatic heterocycles. The SMILES string of the molecule is Cc1c(Br)ccc2ccc(=O)n(C3CC3)c12. The second-order valence-corrected chi connectivity index (χ2v) is 5.24. The molecule has 2 aromatic rings. The van der Waals surface area contributed by atoms with Crippen LogP contribution >= 0.6 is 15.9 Å². The van der Waals surface area contributed by atoms with Crippen LogP contribution < -0.4 is 5.56 Å². The second-order valence-electron chi connectivity index (χ2n) is 4.38. The van der Waals surface area contributed by atoms with Crippen molar-refractivity contribution in [3.8, 4) is 0 Å². The molecule has 3 rings (SSSR count). The molecule has 1 aromatic heterocycles. The van der Waals surface area contributed by atoms with E-state index in [1.54, 1.807) is 6.07 Å². The van der Waals surface area contributed by atoms with Gasteiger partial charge in [0.2, 0.25) is 0 Å². The van der Waals surface area contributed by atoms with Crippen molar-refractivity contribution in [2.45, 2.75) is 25.8 Å². The van der Waals surface area contributed by atoms with Crippen molar-refractivity contribution in [3.63, 3.8) is 0 Å². The van der Waals surface area contributed by atoms with E-state index in [0.29, 0.717) is 6.04 Å². The number of halogens is 1. The van der Waals surface area contributed by atoms with E-state index in [9.17, 15) is 4.79 Å². The lowest BCUT2D eigenvalue weighted by molar-refractivity contribution is 0.737. The first-order valence-electron chi connectivity index (χ1n) is 5.49. The van der Waals surface area contributed by atoms with E-state index in [1.165, 1.54) is 0 Å². The summed E-state index contributed by atoms with van der Waals surface area (Å²) >= 11 is 3.53. The number of aromatic nitrogens is 1. The third-order valence-electron chi connectivity index (χ3n) is 3.19. The predicted octanol–water partition coefficient (Wildman–Crippen LogP) is 3.41. The van der Waals surface area contributed by atoms with Crippen molar-refractivity contribution in [3.05, 3.63) is 44.7 Å². The Bertz CT molecular complexity index is 626. The highest BCUT2D eigenvalue weighted by molar-refractivity contribution is 9.10. The zero-order valence-electron chi connectivity index (χ0n) is 9.03. The Kier molecular flexibility index (Phi) is 2.18. The van der Waals surface area contributed by atoms with Crippen molar-refractivity contribution < 1.29 is 0 Å². The van der Waals surface area contributed by atoms with Crippen molar-refractivity contribution >= 4 is 26.8 Å². The van der Waals surface area contributed by atoms with Gasteiger partial charge in [0.05, 0.1) is 5.52 Å². The molecule has 1 aromatic carbocycles. The number of rotatable bonds is 1. The lowest BCUT2D eigenvalue weighted by Crippen LogP contribution is -2.18. The molecule has 0 spiro atoms. The van der Waals surface area contributed by atoms with E-state index in [1.807, 2.05) is 16.7 Å². The third kappa shape index (κ3) is 1.42. The molecule has 0 amide bonds. The highest BCUT2D eigenvalue weighted by Crippen LogP contribution is 2.37. The van der Waals surface area contributed by atoms with E-state index in [2.05, 4.69) is 28.9 Å². The van der Waals surface area contributed by atoms with Crippen LogP contribution in [0.3, 0.4) is 0 Å². The smallest absolute Gasteiger partial charge is 0.251 e. The molecule has 0 unspecified atom stereocenters. The van der Waals surface area contributed by atoms with E-state index in [4.69, 9.17) is 0 Å². The quantitative estimate of drug-likeness (QED) is 0.783. The van der Waals surface area contributed by atoms with Gasteiger partial charge < -0.3 is 4.57 Å². The summed E-state index contributed by atoms with van der Waals surface area (Å²) in [6.45, 7) is 2.06. The normalized spacial score (nSPS) is 15.6. The first kappa shape index (κ1) is 10.1. The highest BCUT2D eigenvalue weighted by atomic mass is 79.9. The largest absolute Gasteiger partial charge is 0.305 e. The monoisotopic (exact) mass is 277 g/mol. The molecule has 82 valence electrons. The molecule has 0 bridgehead atoms. The van der Waals surface area contributed by atoms with Crippen LogP contribution in [-0.2, 0) is 0 Å². The van der Waals surface area contributed by atoms with E-state index in [0.717, 1.165) is 33.8 Å². The van der Waals surface area contributed by atoms with Crippen LogP contribution in [0.4, 0.5) is 0 Å². The van der Waals surface area contributed by atoms with Gasteiger partial charge in [-0.05, 0) is 42.8 Å². The van der Waals surface area contributed by atoms with Gasteiger partial charge in [-0.3, -0.25) is 4.79 Å². The number of aryl methyl sites for hydroxylation is 1. The molecule has 1 heterocycles. The molecular formula is C13H12BrNO. The number of benzene rings is 1. The molecule has 2 nitrogen and oxygen atoms in total. The second kappa shape index (κ2) is 3.45. The third-order valence-corrected chi connectivity index (χ3v) is 4.05. The first-order valence-corrected chi connectivity index (χ1v) is 6.28. The van der Waals surface area contributed by atoms with Gasteiger partial charge in [-0.2, -0.15) is 0 Å². The number of fused-ring (bicyclic) bond motifs is 1. The molecule has 1 aliphatic rings. The summed E-state index contributed by atoms with van der Waals surface area (Å²) in [4.78, 5) is 11.9. The molecule has 1 fully saturated rings. The fraction of sp³-hybridized carbons (Fsp3) is 0.308. The van der Waals surface area contributed by atoms with Crippen molar-refractivity contribution in [2.24, 2.45) is 0 Å². The lowest BCUT2D eigenvalue weighted by Gasteiger charge is -2.12. The number of pyridine rings is 1. The molecule has 1 saturated carbocycles. The Morgan fingerprint density at radius 3 is 2.62 bits per heavy atom. The molecule has 3 heteroatoms. The Hall–Kier alpha value is -1.09. The maximum atomic E-state index is 11.9. The maximum Gasteiger partial charge on any atom is 0.251 e. The van der Waals surface area contributed by atoms with Gasteiger partial charge in [0.25, 0.3) is 5.56 Å². The van der Waals surface area contributed by atoms with E-state index < -0.39 is 0 Å². The molecule has 0 radical (unpaired) electrons. The van der Waals surface area contributed by atoms with Gasteiger partial charge >= 0.3 is 0 Å². The Morgan fingerprint density at radius 2 is 1.94 bits per heavy atom. The minimum Gasteiger partial charge on any atom is -0.305 e. The summed E-state index contributed by atoms with van der Waals surface area (Å²) < 4.78 is 3.02. The number of hydrogen-bond donors (Lipinski definition) is 0. The molecule has 0 saturated heterocycles. The van der Waals surface area contributed by atoms with Crippen LogP contribution in [-0.4, -0.2) is 4.57 Å². The van der Waals surface area contributed by atoms with E-state index in [-0.39, 0.29) is 5.56 Å². The van der Waals surface area contributed by atoms with Gasteiger partial charge in [-0.15, -0.1) is 0 Å². The van der Waals surface area contributed by atoms with E-state index >= 15 is 0 Å². The Balaban J connectivity index is 2.48. The summed E-state index contributed by atoms with van der Waals surface area (Å²) in [7, 11) is 0. The molecule has 0 atom stereocenters. The summed E-state index contributed by atoms with van der Waals surface area (Å²) in [5.41, 5.74) is 2.36. The van der Waals surface area contributed by atoms with Gasteiger partial charge in [-0.25, -0.2) is 0 Å². The Morgan fingerprint density at radius 1 is 1.25 bits per heavy atom. The fourth-order valence-corrected chi connectivity index (χ4v) is 2.52. The topological polar surface area (TPSA) is 22.0 Å². The predicted molar refractivity (Wildman–Crippen MR) is 68.9 cm³/mol. The Labute approximate surface area is 102 Å². The summed E-state index contributed by atoms with van der Waals surface area (Å²) in [6.07, 6.45) is 2.26. The molecular weight excluding hydrogens is 266 g/mol. The van der Waals surface area contributed by atoms with Gasteiger partial charge in [0.1, 0.15) is 0 Å². The summed E-state index contributed by atoms with van der Waals surface area (Å²) in [6, 6.07) is 8.11. The van der Waals surface area contributed by atoms with Crippen LogP contribution in [0.1, 0.15) is 24.4 Å². The average molecular weight is 278 g/mol. The summed E-state index contributed by atoms with van der Waals surface area (Å²) in [5.74, 6) is 0. The van der Waals surface area contributed by atoms with Gasteiger partial charge in [-0.1, -0.05) is 22.0 Å². The molecule has 16 heavy (non-hydrogen) atoms. The maximum absolute atomic E-state index is 11.9.